The molecule has 0 amide bonds. The zero-order valence-electron chi connectivity index (χ0n) is 30.5. The fourth-order valence-electron chi connectivity index (χ4n) is 6.07. The molecule has 0 aromatic carbocycles. The summed E-state index contributed by atoms with van der Waals surface area (Å²) in [4.78, 5) is 25.1. The standard InChI is InChI=1S/C38H72O10/c1-3-5-7-9-11-13-15-17-18-20-22-24-26-33(40)45-29-31(30-46-38-37(44)36(43)35(42)32(28-39)48-38)47-34(41)27-25-23-21-19-16-14-12-10-8-6-4-2/h31-32,35-39,42-44H,3-30H2,1-2H3/t31-,32-,35+,36?,37?,38-/m0/s1. The normalized spacial score (nSPS) is 21.7. The number of carbonyl (C=O) groups excluding carboxylic acids is 2. The number of ether oxygens (including phenoxy) is 4. The molecule has 0 aliphatic carbocycles. The van der Waals surface area contributed by atoms with Gasteiger partial charge in [-0.3, -0.25) is 9.59 Å². The molecule has 10 heteroatoms. The van der Waals surface area contributed by atoms with Crippen molar-refractivity contribution in [2.75, 3.05) is 19.8 Å². The van der Waals surface area contributed by atoms with Gasteiger partial charge in [0.05, 0.1) is 13.2 Å². The fraction of sp³-hybridized carbons (Fsp3) is 0.947. The van der Waals surface area contributed by atoms with Crippen LogP contribution in [0.1, 0.15) is 174 Å². The summed E-state index contributed by atoms with van der Waals surface area (Å²) in [7, 11) is 0. The molecule has 1 rings (SSSR count). The molecule has 0 spiro atoms. The third kappa shape index (κ3) is 22.4. The molecule has 48 heavy (non-hydrogen) atoms. The number of carbonyl (C=O) groups is 2. The van der Waals surface area contributed by atoms with Gasteiger partial charge in [-0.25, -0.2) is 0 Å². The van der Waals surface area contributed by atoms with Crippen LogP contribution < -0.4 is 0 Å². The Labute approximate surface area is 291 Å². The number of aliphatic hydroxyl groups is 4. The van der Waals surface area contributed by atoms with Crippen LogP contribution in [0.5, 0.6) is 0 Å². The molecule has 10 nitrogen and oxygen atoms in total. The van der Waals surface area contributed by atoms with E-state index in [1.165, 1.54) is 103 Å². The van der Waals surface area contributed by atoms with Crippen LogP contribution in [0.4, 0.5) is 0 Å². The van der Waals surface area contributed by atoms with Gasteiger partial charge in [0.15, 0.2) is 12.4 Å². The van der Waals surface area contributed by atoms with Crippen LogP contribution in [-0.4, -0.2) is 89.0 Å². The molecular weight excluding hydrogens is 616 g/mol. The van der Waals surface area contributed by atoms with Crippen molar-refractivity contribution in [1.82, 2.24) is 0 Å². The second kappa shape index (κ2) is 30.5. The van der Waals surface area contributed by atoms with Crippen molar-refractivity contribution in [2.24, 2.45) is 0 Å². The number of rotatable bonds is 32. The van der Waals surface area contributed by atoms with Gasteiger partial charge in [0.25, 0.3) is 0 Å². The lowest BCUT2D eigenvalue weighted by atomic mass is 9.99. The predicted octanol–water partition coefficient (Wildman–Crippen LogP) is 7.05. The first kappa shape index (κ1) is 44.7. The molecule has 0 saturated carbocycles. The maximum atomic E-state index is 12.7. The Bertz CT molecular complexity index is 764. The topological polar surface area (TPSA) is 152 Å². The van der Waals surface area contributed by atoms with E-state index in [0.717, 1.165) is 38.5 Å². The maximum Gasteiger partial charge on any atom is 0.306 e. The van der Waals surface area contributed by atoms with Crippen molar-refractivity contribution in [3.8, 4) is 0 Å². The van der Waals surface area contributed by atoms with E-state index < -0.39 is 49.4 Å². The van der Waals surface area contributed by atoms with Crippen LogP contribution in [0, 0.1) is 0 Å². The highest BCUT2D eigenvalue weighted by atomic mass is 16.7. The van der Waals surface area contributed by atoms with E-state index in [4.69, 9.17) is 18.9 Å². The lowest BCUT2D eigenvalue weighted by Crippen LogP contribution is -2.59. The van der Waals surface area contributed by atoms with Gasteiger partial charge in [0.1, 0.15) is 31.0 Å². The minimum absolute atomic E-state index is 0.210. The van der Waals surface area contributed by atoms with Gasteiger partial charge in [0, 0.05) is 12.8 Å². The first-order valence-corrected chi connectivity index (χ1v) is 19.6. The summed E-state index contributed by atoms with van der Waals surface area (Å²) in [6, 6.07) is 0. The number of hydrogen-bond acceptors (Lipinski definition) is 10. The molecule has 0 radical (unpaired) electrons. The van der Waals surface area contributed by atoms with E-state index in [0.29, 0.717) is 6.42 Å². The summed E-state index contributed by atoms with van der Waals surface area (Å²) < 4.78 is 22.0. The average molecular weight is 689 g/mol. The highest BCUT2D eigenvalue weighted by Gasteiger charge is 2.44. The van der Waals surface area contributed by atoms with Crippen molar-refractivity contribution in [2.45, 2.75) is 211 Å². The zero-order chi connectivity index (χ0) is 35.2. The van der Waals surface area contributed by atoms with Gasteiger partial charge in [-0.05, 0) is 12.8 Å². The summed E-state index contributed by atoms with van der Waals surface area (Å²) in [5, 5.41) is 39.9. The summed E-state index contributed by atoms with van der Waals surface area (Å²) in [6.07, 6.45) is 19.7. The zero-order valence-corrected chi connectivity index (χ0v) is 30.5. The third-order valence-corrected chi connectivity index (χ3v) is 9.24. The van der Waals surface area contributed by atoms with E-state index in [9.17, 15) is 30.0 Å². The van der Waals surface area contributed by atoms with E-state index in [-0.39, 0.29) is 32.0 Å². The fourth-order valence-corrected chi connectivity index (χ4v) is 6.07. The van der Waals surface area contributed by atoms with Crippen LogP contribution in [0.25, 0.3) is 0 Å². The second-order valence-electron chi connectivity index (χ2n) is 13.8. The van der Waals surface area contributed by atoms with Crippen LogP contribution in [-0.2, 0) is 28.5 Å². The second-order valence-corrected chi connectivity index (χ2v) is 13.8. The summed E-state index contributed by atoms with van der Waals surface area (Å²) in [5.74, 6) is -0.799. The van der Waals surface area contributed by atoms with E-state index in [1.807, 2.05) is 0 Å². The Hall–Kier alpha value is -1.30. The molecule has 0 aromatic rings. The SMILES string of the molecule is CCCCCCCCCCCCCCC(=O)OC[C@@H](CO[C@H]1O[C@@H](CO)[C@@H](O)C(O)C1O)OC(=O)CCCCCCCCCCCCC. The monoisotopic (exact) mass is 689 g/mol. The molecule has 1 heterocycles. The molecular formula is C38H72O10. The van der Waals surface area contributed by atoms with Crippen molar-refractivity contribution in [3.63, 3.8) is 0 Å². The number of esters is 2. The van der Waals surface area contributed by atoms with Gasteiger partial charge in [-0.15, -0.1) is 0 Å². The molecule has 0 aromatic heterocycles. The quantitative estimate of drug-likeness (QED) is 0.0427. The molecule has 1 aliphatic rings. The van der Waals surface area contributed by atoms with Gasteiger partial charge < -0.3 is 39.4 Å². The molecule has 2 unspecified atom stereocenters. The minimum Gasteiger partial charge on any atom is -0.462 e. The van der Waals surface area contributed by atoms with Crippen molar-refractivity contribution >= 4 is 11.9 Å². The molecule has 1 aliphatic heterocycles. The van der Waals surface area contributed by atoms with Gasteiger partial charge >= 0.3 is 11.9 Å². The molecule has 0 bridgehead atoms. The Morgan fingerprint density at radius 1 is 0.562 bits per heavy atom. The number of aliphatic hydroxyl groups excluding tert-OH is 4. The number of hydrogen-bond donors (Lipinski definition) is 4. The summed E-state index contributed by atoms with van der Waals surface area (Å²) in [5.41, 5.74) is 0. The van der Waals surface area contributed by atoms with Crippen LogP contribution in [0.15, 0.2) is 0 Å². The van der Waals surface area contributed by atoms with Crippen LogP contribution in [0.2, 0.25) is 0 Å². The first-order valence-electron chi connectivity index (χ1n) is 19.6. The van der Waals surface area contributed by atoms with E-state index >= 15 is 0 Å². The van der Waals surface area contributed by atoms with Crippen LogP contribution in [0.3, 0.4) is 0 Å². The number of unbranched alkanes of at least 4 members (excludes halogenated alkanes) is 21. The molecule has 1 saturated heterocycles. The third-order valence-electron chi connectivity index (χ3n) is 9.24. The first-order chi connectivity index (χ1) is 23.3. The van der Waals surface area contributed by atoms with Gasteiger partial charge in [0.2, 0.25) is 0 Å². The molecule has 6 atom stereocenters. The highest BCUT2D eigenvalue weighted by molar-refractivity contribution is 5.70. The summed E-state index contributed by atoms with van der Waals surface area (Å²) >= 11 is 0. The Balaban J connectivity index is 2.39. The Morgan fingerprint density at radius 2 is 0.979 bits per heavy atom. The van der Waals surface area contributed by atoms with Crippen LogP contribution >= 0.6 is 0 Å². The summed E-state index contributed by atoms with van der Waals surface area (Å²) in [6.45, 7) is 3.40. The minimum atomic E-state index is -1.59. The molecule has 284 valence electrons. The van der Waals surface area contributed by atoms with Gasteiger partial charge in [-0.1, -0.05) is 149 Å². The maximum absolute atomic E-state index is 12.7. The lowest BCUT2D eigenvalue weighted by molar-refractivity contribution is -0.305. The predicted molar refractivity (Wildman–Crippen MR) is 187 cm³/mol. The van der Waals surface area contributed by atoms with Crippen molar-refractivity contribution in [3.05, 3.63) is 0 Å². The highest BCUT2D eigenvalue weighted by Crippen LogP contribution is 2.22. The smallest absolute Gasteiger partial charge is 0.306 e. The largest absolute Gasteiger partial charge is 0.462 e. The van der Waals surface area contributed by atoms with Crippen molar-refractivity contribution in [1.29, 1.82) is 0 Å². The van der Waals surface area contributed by atoms with Crippen molar-refractivity contribution < 1.29 is 49.0 Å². The Kier molecular flexibility index (Phi) is 28.4. The lowest BCUT2D eigenvalue weighted by Gasteiger charge is -2.39. The molecule has 4 N–H and O–H groups in total. The van der Waals surface area contributed by atoms with E-state index in [1.54, 1.807) is 0 Å². The van der Waals surface area contributed by atoms with Gasteiger partial charge in [-0.2, -0.15) is 0 Å². The Morgan fingerprint density at radius 3 is 1.42 bits per heavy atom. The van der Waals surface area contributed by atoms with E-state index in [2.05, 4.69) is 13.8 Å². The average Bonchev–Trinajstić information content (AvgIpc) is 3.08. The molecule has 1 fully saturated rings.